The molecule has 18 heavy (non-hydrogen) atoms. The number of amides is 1. The van der Waals surface area contributed by atoms with Crippen LogP contribution in [0.4, 0.5) is 0 Å². The van der Waals surface area contributed by atoms with Crippen molar-refractivity contribution in [2.24, 2.45) is 0 Å². The Morgan fingerprint density at radius 2 is 2.22 bits per heavy atom. The Hall–Kier alpha value is -1.39. The lowest BCUT2D eigenvalue weighted by molar-refractivity contribution is -0.124. The van der Waals surface area contributed by atoms with E-state index in [1.807, 2.05) is 18.2 Å². The normalized spacial score (nSPS) is 29.5. The van der Waals surface area contributed by atoms with Crippen LogP contribution in [0.5, 0.6) is 0 Å². The van der Waals surface area contributed by atoms with E-state index in [1.165, 1.54) is 11.1 Å². The van der Waals surface area contributed by atoms with E-state index in [0.717, 1.165) is 19.5 Å². The van der Waals surface area contributed by atoms with Gasteiger partial charge in [-0.25, -0.2) is 0 Å². The van der Waals surface area contributed by atoms with Crippen LogP contribution >= 0.6 is 0 Å². The molecule has 1 aliphatic carbocycles. The maximum absolute atomic E-state index is 12.2. The van der Waals surface area contributed by atoms with Gasteiger partial charge in [0.1, 0.15) is 0 Å². The summed E-state index contributed by atoms with van der Waals surface area (Å²) in [4.78, 5) is 12.2. The SMILES string of the molecule is CO[C@H]1CNCC1NC(=O)C1Cc2ccccc21. The van der Waals surface area contributed by atoms with Crippen LogP contribution in [0.15, 0.2) is 24.3 Å². The zero-order valence-corrected chi connectivity index (χ0v) is 10.5. The summed E-state index contributed by atoms with van der Waals surface area (Å²) in [5.74, 6) is 0.156. The van der Waals surface area contributed by atoms with Crippen molar-refractivity contribution in [3.05, 3.63) is 35.4 Å². The van der Waals surface area contributed by atoms with Gasteiger partial charge in [-0.05, 0) is 17.5 Å². The third-order valence-corrected chi connectivity index (χ3v) is 3.96. The third kappa shape index (κ3) is 1.91. The Morgan fingerprint density at radius 3 is 3.00 bits per heavy atom. The Labute approximate surface area is 107 Å². The predicted molar refractivity (Wildman–Crippen MR) is 68.5 cm³/mol. The van der Waals surface area contributed by atoms with E-state index >= 15 is 0 Å². The molecule has 96 valence electrons. The summed E-state index contributed by atoms with van der Waals surface area (Å²) >= 11 is 0. The molecule has 1 amide bonds. The molecule has 3 rings (SSSR count). The van der Waals surface area contributed by atoms with Gasteiger partial charge in [0.05, 0.1) is 18.1 Å². The Kier molecular flexibility index (Phi) is 3.06. The second-order valence-electron chi connectivity index (χ2n) is 5.00. The van der Waals surface area contributed by atoms with Crippen molar-refractivity contribution in [1.82, 2.24) is 10.6 Å². The standard InChI is InChI=1S/C14H18N2O2/c1-18-13-8-15-7-12(13)16-14(17)11-6-9-4-2-3-5-10(9)11/h2-5,11-13,15H,6-8H2,1H3,(H,16,17)/t11?,12?,13-/m0/s1. The molecule has 2 aliphatic rings. The lowest BCUT2D eigenvalue weighted by Gasteiger charge is -2.30. The van der Waals surface area contributed by atoms with E-state index in [-0.39, 0.29) is 24.0 Å². The van der Waals surface area contributed by atoms with Gasteiger partial charge < -0.3 is 15.4 Å². The van der Waals surface area contributed by atoms with Crippen LogP contribution in [0.1, 0.15) is 17.0 Å². The first-order chi connectivity index (χ1) is 8.79. The zero-order valence-electron chi connectivity index (χ0n) is 10.5. The van der Waals surface area contributed by atoms with Crippen molar-refractivity contribution in [3.63, 3.8) is 0 Å². The Morgan fingerprint density at radius 1 is 1.39 bits per heavy atom. The highest BCUT2D eigenvalue weighted by Gasteiger charge is 2.35. The molecule has 2 N–H and O–H groups in total. The van der Waals surface area contributed by atoms with Crippen molar-refractivity contribution in [2.75, 3.05) is 20.2 Å². The van der Waals surface area contributed by atoms with Crippen molar-refractivity contribution >= 4 is 5.91 Å². The summed E-state index contributed by atoms with van der Waals surface area (Å²) < 4.78 is 5.35. The minimum absolute atomic E-state index is 0.0271. The number of methoxy groups -OCH3 is 1. The molecule has 0 aromatic heterocycles. The quantitative estimate of drug-likeness (QED) is 0.813. The average molecular weight is 246 g/mol. The van der Waals surface area contributed by atoms with Gasteiger partial charge in [-0.1, -0.05) is 24.3 Å². The van der Waals surface area contributed by atoms with Crippen molar-refractivity contribution < 1.29 is 9.53 Å². The molecule has 3 atom stereocenters. The first-order valence-electron chi connectivity index (χ1n) is 6.41. The zero-order chi connectivity index (χ0) is 12.5. The second-order valence-corrected chi connectivity index (χ2v) is 5.00. The van der Waals surface area contributed by atoms with Crippen molar-refractivity contribution in [3.8, 4) is 0 Å². The van der Waals surface area contributed by atoms with E-state index in [4.69, 9.17) is 4.74 Å². The number of hydrogen-bond donors (Lipinski definition) is 2. The lowest BCUT2D eigenvalue weighted by atomic mass is 9.77. The fourth-order valence-corrected chi connectivity index (χ4v) is 2.82. The molecule has 1 fully saturated rings. The smallest absolute Gasteiger partial charge is 0.228 e. The summed E-state index contributed by atoms with van der Waals surface area (Å²) in [6.45, 7) is 1.60. The topological polar surface area (TPSA) is 50.4 Å². The van der Waals surface area contributed by atoms with Crippen LogP contribution < -0.4 is 10.6 Å². The van der Waals surface area contributed by atoms with E-state index in [9.17, 15) is 4.79 Å². The largest absolute Gasteiger partial charge is 0.378 e. The number of hydrogen-bond acceptors (Lipinski definition) is 3. The summed E-state index contributed by atoms with van der Waals surface area (Å²) in [5.41, 5.74) is 2.47. The highest BCUT2D eigenvalue weighted by Crippen LogP contribution is 2.34. The van der Waals surface area contributed by atoms with E-state index in [2.05, 4.69) is 16.7 Å². The monoisotopic (exact) mass is 246 g/mol. The van der Waals surface area contributed by atoms with Gasteiger partial charge in [0.15, 0.2) is 0 Å². The average Bonchev–Trinajstić information content (AvgIpc) is 2.78. The number of rotatable bonds is 3. The fourth-order valence-electron chi connectivity index (χ4n) is 2.82. The van der Waals surface area contributed by atoms with Gasteiger partial charge in [0, 0.05) is 20.2 Å². The molecule has 4 heteroatoms. The van der Waals surface area contributed by atoms with Crippen LogP contribution in [-0.4, -0.2) is 38.3 Å². The molecular weight excluding hydrogens is 228 g/mol. The number of fused-ring (bicyclic) bond motifs is 1. The molecule has 4 nitrogen and oxygen atoms in total. The first kappa shape index (κ1) is 11.7. The Bertz CT molecular complexity index is 461. The van der Waals surface area contributed by atoms with E-state index < -0.39 is 0 Å². The Balaban J connectivity index is 1.64. The van der Waals surface area contributed by atoms with Gasteiger partial charge in [0.2, 0.25) is 5.91 Å². The molecule has 1 saturated heterocycles. The molecule has 0 saturated carbocycles. The number of carbonyl (C=O) groups excluding carboxylic acids is 1. The third-order valence-electron chi connectivity index (χ3n) is 3.96. The van der Waals surface area contributed by atoms with Gasteiger partial charge in [0.25, 0.3) is 0 Å². The van der Waals surface area contributed by atoms with Crippen LogP contribution in [0.3, 0.4) is 0 Å². The van der Waals surface area contributed by atoms with Gasteiger partial charge >= 0.3 is 0 Å². The number of nitrogens with one attached hydrogen (secondary N) is 2. The molecule has 1 aromatic carbocycles. The number of ether oxygens (including phenoxy) is 1. The molecule has 2 unspecified atom stereocenters. The molecule has 1 aromatic rings. The first-order valence-corrected chi connectivity index (χ1v) is 6.41. The summed E-state index contributed by atoms with van der Waals surface area (Å²) in [6, 6.07) is 8.25. The van der Waals surface area contributed by atoms with E-state index in [0.29, 0.717) is 0 Å². The molecule has 0 radical (unpaired) electrons. The maximum atomic E-state index is 12.2. The van der Waals surface area contributed by atoms with Gasteiger partial charge in [-0.2, -0.15) is 0 Å². The maximum Gasteiger partial charge on any atom is 0.228 e. The summed E-state index contributed by atoms with van der Waals surface area (Å²) in [6.07, 6.45) is 0.948. The van der Waals surface area contributed by atoms with Crippen molar-refractivity contribution in [2.45, 2.75) is 24.5 Å². The molecule has 0 bridgehead atoms. The summed E-state index contributed by atoms with van der Waals surface area (Å²) in [5, 5.41) is 6.33. The van der Waals surface area contributed by atoms with Gasteiger partial charge in [-0.3, -0.25) is 4.79 Å². The molecular formula is C14H18N2O2. The number of carbonyl (C=O) groups is 1. The molecule has 1 aliphatic heterocycles. The van der Waals surface area contributed by atoms with Crippen molar-refractivity contribution in [1.29, 1.82) is 0 Å². The van der Waals surface area contributed by atoms with Crippen LogP contribution in [0, 0.1) is 0 Å². The lowest BCUT2D eigenvalue weighted by Crippen LogP contribution is -2.47. The fraction of sp³-hybridized carbons (Fsp3) is 0.500. The highest BCUT2D eigenvalue weighted by atomic mass is 16.5. The van der Waals surface area contributed by atoms with Crippen LogP contribution in [-0.2, 0) is 16.0 Å². The number of benzene rings is 1. The minimum atomic E-state index is 0.0271. The predicted octanol–water partition coefficient (Wildman–Crippen LogP) is 0.429. The molecule has 0 spiro atoms. The van der Waals surface area contributed by atoms with Crippen LogP contribution in [0.2, 0.25) is 0 Å². The minimum Gasteiger partial charge on any atom is -0.378 e. The molecule has 1 heterocycles. The highest BCUT2D eigenvalue weighted by molar-refractivity contribution is 5.87. The van der Waals surface area contributed by atoms with Gasteiger partial charge in [-0.15, -0.1) is 0 Å². The summed E-state index contributed by atoms with van der Waals surface area (Å²) in [7, 11) is 1.69. The van der Waals surface area contributed by atoms with E-state index in [1.54, 1.807) is 7.11 Å². The van der Waals surface area contributed by atoms with Crippen LogP contribution in [0.25, 0.3) is 0 Å². The second kappa shape index (κ2) is 4.71.